The topological polar surface area (TPSA) is 45.6 Å². The fraction of sp³-hybridized carbons (Fsp3) is 0.545. The first-order valence-electron chi connectivity index (χ1n) is 5.32. The molecule has 0 bridgehead atoms. The van der Waals surface area contributed by atoms with Crippen LogP contribution in [-0.4, -0.2) is 35.9 Å². The summed E-state index contributed by atoms with van der Waals surface area (Å²) < 4.78 is 18.4. The van der Waals surface area contributed by atoms with Crippen molar-refractivity contribution >= 4 is 5.82 Å². The maximum Gasteiger partial charge on any atom is 0.142 e. The van der Waals surface area contributed by atoms with Crippen molar-refractivity contribution < 1.29 is 14.2 Å². The van der Waals surface area contributed by atoms with Crippen LogP contribution in [0.5, 0.6) is 0 Å². The Kier molecular flexibility index (Phi) is 3.36. The monoisotopic (exact) mass is 226 g/mol. The van der Waals surface area contributed by atoms with Crippen LogP contribution in [0.1, 0.15) is 12.5 Å². The molecule has 0 spiro atoms. The number of morpholine rings is 1. The Hall–Kier alpha value is -1.20. The van der Waals surface area contributed by atoms with Gasteiger partial charge in [0, 0.05) is 18.7 Å². The average molecular weight is 226 g/mol. The van der Waals surface area contributed by atoms with E-state index in [0.29, 0.717) is 24.5 Å². The minimum absolute atomic E-state index is 0.132. The molecule has 0 saturated carbocycles. The van der Waals surface area contributed by atoms with Gasteiger partial charge < -0.3 is 14.7 Å². The number of hydrogen-bond donors (Lipinski definition) is 1. The van der Waals surface area contributed by atoms with Gasteiger partial charge in [0.2, 0.25) is 0 Å². The van der Waals surface area contributed by atoms with Crippen LogP contribution in [-0.2, 0) is 11.3 Å². The molecule has 1 unspecified atom stereocenters. The summed E-state index contributed by atoms with van der Waals surface area (Å²) in [5.41, 5.74) is 0.522. The van der Waals surface area contributed by atoms with E-state index in [-0.39, 0.29) is 12.7 Å². The number of aliphatic hydroxyl groups is 1. The van der Waals surface area contributed by atoms with Crippen LogP contribution >= 0.6 is 0 Å². The predicted octanol–water partition coefficient (Wildman–Crippen LogP) is 0.938. The molecule has 0 aliphatic carbocycles. The molecule has 1 aromatic heterocycles. The van der Waals surface area contributed by atoms with Crippen molar-refractivity contribution in [1.29, 1.82) is 0 Å². The molecule has 88 valence electrons. The standard InChI is InChI=1S/C11H15FN2O2/c1-8-6-14(2-3-16-8)11-9(7-15)4-10(12)5-13-11/h4-5,8,15H,2-3,6-7H2,1H3. The third-order valence-electron chi connectivity index (χ3n) is 2.62. The van der Waals surface area contributed by atoms with Gasteiger partial charge in [0.1, 0.15) is 11.6 Å². The molecule has 1 N–H and O–H groups in total. The number of hydrogen-bond acceptors (Lipinski definition) is 4. The fourth-order valence-corrected chi connectivity index (χ4v) is 1.89. The van der Waals surface area contributed by atoms with Gasteiger partial charge in [0.25, 0.3) is 0 Å². The van der Waals surface area contributed by atoms with Gasteiger partial charge in [0.05, 0.1) is 25.5 Å². The quantitative estimate of drug-likeness (QED) is 0.815. The summed E-state index contributed by atoms with van der Waals surface area (Å²) in [6.45, 7) is 3.84. The Morgan fingerprint density at radius 3 is 3.19 bits per heavy atom. The van der Waals surface area contributed by atoms with Crippen molar-refractivity contribution in [3.8, 4) is 0 Å². The van der Waals surface area contributed by atoms with E-state index in [1.54, 1.807) is 0 Å². The normalized spacial score (nSPS) is 21.2. The van der Waals surface area contributed by atoms with Crippen molar-refractivity contribution in [3.05, 3.63) is 23.6 Å². The predicted molar refractivity (Wildman–Crippen MR) is 57.7 cm³/mol. The molecule has 16 heavy (non-hydrogen) atoms. The van der Waals surface area contributed by atoms with Gasteiger partial charge in [-0.1, -0.05) is 0 Å². The van der Waals surface area contributed by atoms with Crippen LogP contribution in [0, 0.1) is 5.82 Å². The van der Waals surface area contributed by atoms with Gasteiger partial charge >= 0.3 is 0 Å². The number of nitrogens with zero attached hydrogens (tertiary/aromatic N) is 2. The molecule has 2 heterocycles. The summed E-state index contributed by atoms with van der Waals surface area (Å²) in [6.07, 6.45) is 1.31. The van der Waals surface area contributed by atoms with Gasteiger partial charge in [-0.2, -0.15) is 0 Å². The molecule has 0 amide bonds. The highest BCUT2D eigenvalue weighted by atomic mass is 19.1. The SMILES string of the molecule is CC1CN(c2ncc(F)cc2CO)CCO1. The molecule has 0 radical (unpaired) electrons. The highest BCUT2D eigenvalue weighted by Crippen LogP contribution is 2.20. The van der Waals surface area contributed by atoms with Gasteiger partial charge in [-0.15, -0.1) is 0 Å². The van der Waals surface area contributed by atoms with E-state index in [1.165, 1.54) is 12.3 Å². The zero-order chi connectivity index (χ0) is 11.5. The van der Waals surface area contributed by atoms with Crippen molar-refractivity contribution in [3.63, 3.8) is 0 Å². The third kappa shape index (κ3) is 2.31. The minimum atomic E-state index is -0.422. The summed E-state index contributed by atoms with van der Waals surface area (Å²) in [5.74, 6) is 0.230. The maximum atomic E-state index is 13.0. The smallest absolute Gasteiger partial charge is 0.142 e. The molecular formula is C11H15FN2O2. The number of rotatable bonds is 2. The lowest BCUT2D eigenvalue weighted by molar-refractivity contribution is 0.0528. The van der Waals surface area contributed by atoms with E-state index < -0.39 is 5.82 Å². The number of pyridine rings is 1. The highest BCUT2D eigenvalue weighted by Gasteiger charge is 2.20. The molecule has 2 rings (SSSR count). The molecule has 5 heteroatoms. The Balaban J connectivity index is 2.24. The second-order valence-electron chi connectivity index (χ2n) is 3.92. The molecule has 1 saturated heterocycles. The Morgan fingerprint density at radius 1 is 1.69 bits per heavy atom. The first-order valence-corrected chi connectivity index (χ1v) is 5.32. The van der Waals surface area contributed by atoms with Gasteiger partial charge in [-0.3, -0.25) is 0 Å². The third-order valence-corrected chi connectivity index (χ3v) is 2.62. The molecular weight excluding hydrogens is 211 g/mol. The average Bonchev–Trinajstić information content (AvgIpc) is 2.28. The molecule has 1 aliphatic rings. The van der Waals surface area contributed by atoms with Gasteiger partial charge in [-0.25, -0.2) is 9.37 Å². The Morgan fingerprint density at radius 2 is 2.50 bits per heavy atom. The number of halogens is 1. The molecule has 0 aromatic carbocycles. The number of aliphatic hydroxyl groups excluding tert-OH is 1. The Bertz CT molecular complexity index is 373. The van der Waals surface area contributed by atoms with E-state index in [1.807, 2.05) is 11.8 Å². The summed E-state index contributed by atoms with van der Waals surface area (Å²) in [4.78, 5) is 6.06. The molecule has 1 aliphatic heterocycles. The first-order chi connectivity index (χ1) is 7.70. The number of ether oxygens (including phenoxy) is 1. The van der Waals surface area contributed by atoms with Crippen LogP contribution in [0.2, 0.25) is 0 Å². The van der Waals surface area contributed by atoms with Crippen LogP contribution in [0.4, 0.5) is 10.2 Å². The number of aromatic nitrogens is 1. The van der Waals surface area contributed by atoms with Crippen LogP contribution in [0.25, 0.3) is 0 Å². The van der Waals surface area contributed by atoms with Gasteiger partial charge in [0.15, 0.2) is 0 Å². The van der Waals surface area contributed by atoms with Crippen molar-refractivity contribution in [2.24, 2.45) is 0 Å². The zero-order valence-electron chi connectivity index (χ0n) is 9.19. The van der Waals surface area contributed by atoms with Crippen molar-refractivity contribution in [1.82, 2.24) is 4.98 Å². The molecule has 1 aromatic rings. The highest BCUT2D eigenvalue weighted by molar-refractivity contribution is 5.47. The van der Waals surface area contributed by atoms with E-state index in [9.17, 15) is 9.50 Å². The molecule has 1 fully saturated rings. The lowest BCUT2D eigenvalue weighted by Gasteiger charge is -2.33. The minimum Gasteiger partial charge on any atom is -0.392 e. The number of anilines is 1. The van der Waals surface area contributed by atoms with Crippen LogP contribution in [0.15, 0.2) is 12.3 Å². The van der Waals surface area contributed by atoms with Crippen LogP contribution in [0.3, 0.4) is 0 Å². The summed E-state index contributed by atoms with van der Waals surface area (Å²) in [7, 11) is 0. The lowest BCUT2D eigenvalue weighted by Crippen LogP contribution is -2.42. The van der Waals surface area contributed by atoms with E-state index in [0.717, 1.165) is 6.54 Å². The zero-order valence-corrected chi connectivity index (χ0v) is 9.19. The molecule has 1 atom stereocenters. The Labute approximate surface area is 93.7 Å². The lowest BCUT2D eigenvalue weighted by atomic mass is 10.2. The van der Waals surface area contributed by atoms with E-state index in [2.05, 4.69) is 4.98 Å². The van der Waals surface area contributed by atoms with Crippen molar-refractivity contribution in [2.75, 3.05) is 24.6 Å². The second kappa shape index (κ2) is 4.76. The van der Waals surface area contributed by atoms with Crippen molar-refractivity contribution in [2.45, 2.75) is 19.6 Å². The van der Waals surface area contributed by atoms with Crippen LogP contribution < -0.4 is 4.90 Å². The van der Waals surface area contributed by atoms with E-state index >= 15 is 0 Å². The summed E-state index contributed by atoms with van der Waals surface area (Å²) in [6, 6.07) is 1.32. The maximum absolute atomic E-state index is 13.0. The fourth-order valence-electron chi connectivity index (χ4n) is 1.89. The largest absolute Gasteiger partial charge is 0.392 e. The summed E-state index contributed by atoms with van der Waals surface area (Å²) >= 11 is 0. The molecule has 4 nitrogen and oxygen atoms in total. The first kappa shape index (κ1) is 11.3. The van der Waals surface area contributed by atoms with E-state index in [4.69, 9.17) is 4.74 Å². The summed E-state index contributed by atoms with van der Waals surface area (Å²) in [5, 5.41) is 9.17. The van der Waals surface area contributed by atoms with Gasteiger partial charge in [-0.05, 0) is 13.0 Å². The second-order valence-corrected chi connectivity index (χ2v) is 3.92.